The maximum atomic E-state index is 11.8. The number of hydrogen-bond donors (Lipinski definition) is 2. The minimum Gasteiger partial charge on any atom is -0.353 e. The Balaban J connectivity index is 2.74. The van der Waals surface area contributed by atoms with Crippen molar-refractivity contribution in [3.63, 3.8) is 0 Å². The smallest absolute Gasteiger partial charge is 0.311 e. The van der Waals surface area contributed by atoms with Crippen molar-refractivity contribution in [2.75, 3.05) is 5.32 Å². The van der Waals surface area contributed by atoms with Gasteiger partial charge in [-0.25, -0.2) is 4.98 Å². The first-order chi connectivity index (χ1) is 8.95. The average Bonchev–Trinajstić information content (AvgIpc) is 2.38. The molecule has 0 radical (unpaired) electrons. The molecule has 7 nitrogen and oxygen atoms in total. The van der Waals surface area contributed by atoms with Gasteiger partial charge in [0.1, 0.15) is 6.04 Å². The van der Waals surface area contributed by atoms with E-state index in [0.29, 0.717) is 0 Å². The molecule has 104 valence electrons. The van der Waals surface area contributed by atoms with Crippen LogP contribution >= 0.6 is 0 Å². The number of carbonyl (C=O) groups excluding carboxylic acids is 1. The maximum absolute atomic E-state index is 11.8. The van der Waals surface area contributed by atoms with Gasteiger partial charge in [-0.15, -0.1) is 0 Å². The molecule has 0 aliphatic heterocycles. The van der Waals surface area contributed by atoms with Crippen LogP contribution in [0.3, 0.4) is 0 Å². The van der Waals surface area contributed by atoms with Gasteiger partial charge in [-0.1, -0.05) is 6.92 Å². The third-order valence-corrected chi connectivity index (χ3v) is 2.73. The van der Waals surface area contributed by atoms with Gasteiger partial charge in [-0.2, -0.15) is 0 Å². The number of nitrogens with zero attached hydrogens (tertiary/aromatic N) is 2. The van der Waals surface area contributed by atoms with Gasteiger partial charge in [0, 0.05) is 18.3 Å². The molecule has 19 heavy (non-hydrogen) atoms. The average molecular weight is 266 g/mol. The van der Waals surface area contributed by atoms with E-state index in [2.05, 4.69) is 15.6 Å². The number of pyridine rings is 1. The molecule has 1 aromatic heterocycles. The Morgan fingerprint density at radius 3 is 2.79 bits per heavy atom. The number of hydrogen-bond acceptors (Lipinski definition) is 5. The quantitative estimate of drug-likeness (QED) is 0.603. The van der Waals surface area contributed by atoms with Gasteiger partial charge >= 0.3 is 5.69 Å². The van der Waals surface area contributed by atoms with Crippen LogP contribution in [-0.4, -0.2) is 27.9 Å². The summed E-state index contributed by atoms with van der Waals surface area (Å²) in [5.74, 6) is -0.117. The van der Waals surface area contributed by atoms with Crippen LogP contribution in [0.2, 0.25) is 0 Å². The van der Waals surface area contributed by atoms with Gasteiger partial charge in [0.15, 0.2) is 0 Å². The largest absolute Gasteiger partial charge is 0.353 e. The van der Waals surface area contributed by atoms with Crippen molar-refractivity contribution in [1.82, 2.24) is 10.3 Å². The molecule has 2 unspecified atom stereocenters. The van der Waals surface area contributed by atoms with Crippen LogP contribution in [0.5, 0.6) is 0 Å². The van der Waals surface area contributed by atoms with Gasteiger partial charge < -0.3 is 10.6 Å². The van der Waals surface area contributed by atoms with Gasteiger partial charge in [0.2, 0.25) is 11.7 Å². The summed E-state index contributed by atoms with van der Waals surface area (Å²) in [6, 6.07) is 2.29. The zero-order valence-corrected chi connectivity index (χ0v) is 11.2. The zero-order chi connectivity index (χ0) is 14.4. The molecular formula is C12H18N4O3. The van der Waals surface area contributed by atoms with E-state index in [0.717, 1.165) is 6.42 Å². The molecule has 0 aliphatic carbocycles. The number of carbonyl (C=O) groups is 1. The second-order valence-electron chi connectivity index (χ2n) is 4.31. The molecule has 2 N–H and O–H groups in total. The molecule has 0 aliphatic rings. The van der Waals surface area contributed by atoms with E-state index < -0.39 is 11.0 Å². The summed E-state index contributed by atoms with van der Waals surface area (Å²) in [6.45, 7) is 5.50. The zero-order valence-electron chi connectivity index (χ0n) is 11.2. The molecule has 0 saturated carbocycles. The number of amides is 1. The molecule has 1 heterocycles. The van der Waals surface area contributed by atoms with Crippen LogP contribution < -0.4 is 10.6 Å². The van der Waals surface area contributed by atoms with Crippen molar-refractivity contribution >= 4 is 17.4 Å². The molecule has 0 bridgehead atoms. The van der Waals surface area contributed by atoms with Gasteiger partial charge in [0.05, 0.1) is 4.92 Å². The Bertz CT molecular complexity index is 464. The highest BCUT2D eigenvalue weighted by Crippen LogP contribution is 2.20. The van der Waals surface area contributed by atoms with Crippen LogP contribution in [-0.2, 0) is 4.79 Å². The van der Waals surface area contributed by atoms with Crippen LogP contribution in [0.1, 0.15) is 27.2 Å². The van der Waals surface area contributed by atoms with E-state index in [1.54, 1.807) is 6.92 Å². The molecule has 0 saturated heterocycles. The molecule has 1 amide bonds. The van der Waals surface area contributed by atoms with Gasteiger partial charge in [-0.05, 0) is 26.3 Å². The van der Waals surface area contributed by atoms with Crippen molar-refractivity contribution in [2.45, 2.75) is 39.3 Å². The maximum Gasteiger partial charge on any atom is 0.311 e. The van der Waals surface area contributed by atoms with Crippen LogP contribution in [0.4, 0.5) is 11.5 Å². The predicted octanol–water partition coefficient (Wildman–Crippen LogP) is 1.70. The minimum absolute atomic E-state index is 0.0652. The minimum atomic E-state index is -0.595. The van der Waals surface area contributed by atoms with E-state index in [4.69, 9.17) is 0 Å². The van der Waals surface area contributed by atoms with Crippen molar-refractivity contribution in [2.24, 2.45) is 0 Å². The summed E-state index contributed by atoms with van der Waals surface area (Å²) in [6.07, 6.45) is 2.26. The topological polar surface area (TPSA) is 97.2 Å². The monoisotopic (exact) mass is 266 g/mol. The lowest BCUT2D eigenvalue weighted by Crippen LogP contribution is -2.42. The molecule has 7 heteroatoms. The van der Waals surface area contributed by atoms with E-state index in [1.807, 2.05) is 13.8 Å². The second kappa shape index (κ2) is 6.67. The van der Waals surface area contributed by atoms with E-state index in [9.17, 15) is 14.9 Å². The fourth-order valence-electron chi connectivity index (χ4n) is 1.40. The van der Waals surface area contributed by atoms with Gasteiger partial charge in [-0.3, -0.25) is 14.9 Å². The number of nitrogens with one attached hydrogen (secondary N) is 2. The summed E-state index contributed by atoms with van der Waals surface area (Å²) in [5.41, 5.74) is -0.148. The lowest BCUT2D eigenvalue weighted by molar-refractivity contribution is -0.384. The third kappa shape index (κ3) is 4.20. The number of rotatable bonds is 6. The predicted molar refractivity (Wildman–Crippen MR) is 71.9 cm³/mol. The highest BCUT2D eigenvalue weighted by atomic mass is 16.6. The summed E-state index contributed by atoms with van der Waals surface area (Å²) < 4.78 is 0. The lowest BCUT2D eigenvalue weighted by Gasteiger charge is -2.17. The summed E-state index contributed by atoms with van der Waals surface area (Å²) in [4.78, 5) is 26.0. The second-order valence-corrected chi connectivity index (χ2v) is 4.31. The van der Waals surface area contributed by atoms with E-state index >= 15 is 0 Å². The SMILES string of the molecule is CCC(C)NC(=O)C(C)Nc1ncccc1[N+](=O)[O-]. The molecule has 0 fully saturated rings. The highest BCUT2D eigenvalue weighted by molar-refractivity contribution is 5.84. The standard InChI is InChI=1S/C12H18N4O3/c1-4-8(2)14-12(17)9(3)15-11-10(16(18)19)6-5-7-13-11/h5-9H,4H2,1-3H3,(H,13,15)(H,14,17). The van der Waals surface area contributed by atoms with Crippen LogP contribution in [0, 0.1) is 10.1 Å². The number of anilines is 1. The first-order valence-electron chi connectivity index (χ1n) is 6.12. The van der Waals surface area contributed by atoms with Crippen molar-refractivity contribution in [3.8, 4) is 0 Å². The molecule has 1 rings (SSSR count). The first kappa shape index (κ1) is 14.9. The van der Waals surface area contributed by atoms with Crippen molar-refractivity contribution < 1.29 is 9.72 Å². The Morgan fingerprint density at radius 2 is 2.21 bits per heavy atom. The summed E-state index contributed by atoms with van der Waals surface area (Å²) in [5, 5.41) is 16.4. The third-order valence-electron chi connectivity index (χ3n) is 2.73. The fraction of sp³-hybridized carbons (Fsp3) is 0.500. The number of nitro groups is 1. The lowest BCUT2D eigenvalue weighted by atomic mass is 10.2. The first-order valence-corrected chi connectivity index (χ1v) is 6.12. The fourth-order valence-corrected chi connectivity index (χ4v) is 1.40. The van der Waals surface area contributed by atoms with Crippen molar-refractivity contribution in [1.29, 1.82) is 0 Å². The summed E-state index contributed by atoms with van der Waals surface area (Å²) in [7, 11) is 0. The molecule has 0 spiro atoms. The molecule has 1 aromatic rings. The van der Waals surface area contributed by atoms with Gasteiger partial charge in [0.25, 0.3) is 0 Å². The van der Waals surface area contributed by atoms with Crippen LogP contribution in [0.15, 0.2) is 18.3 Å². The van der Waals surface area contributed by atoms with E-state index in [-0.39, 0.29) is 23.5 Å². The Labute approximate surface area is 111 Å². The Morgan fingerprint density at radius 1 is 1.53 bits per heavy atom. The molecular weight excluding hydrogens is 248 g/mol. The van der Waals surface area contributed by atoms with Crippen LogP contribution in [0.25, 0.3) is 0 Å². The molecule has 2 atom stereocenters. The Hall–Kier alpha value is -2.18. The van der Waals surface area contributed by atoms with E-state index in [1.165, 1.54) is 18.3 Å². The summed E-state index contributed by atoms with van der Waals surface area (Å²) >= 11 is 0. The normalized spacial score (nSPS) is 13.4. The Kier molecular flexibility index (Phi) is 5.23. The van der Waals surface area contributed by atoms with Crippen molar-refractivity contribution in [3.05, 3.63) is 28.4 Å². The molecule has 0 aromatic carbocycles. The highest BCUT2D eigenvalue weighted by Gasteiger charge is 2.20. The number of aromatic nitrogens is 1.